The maximum absolute atomic E-state index is 11.5. The molecule has 1 rings (SSSR count). The number of aliphatic carboxylic acids is 1. The summed E-state index contributed by atoms with van der Waals surface area (Å²) >= 11 is 0. The van der Waals surface area contributed by atoms with Crippen LogP contribution in [0, 0.1) is 12.8 Å². The fourth-order valence-electron chi connectivity index (χ4n) is 1.46. The molecular weight excluding hydrogens is 246 g/mol. The summed E-state index contributed by atoms with van der Waals surface area (Å²) in [5.41, 5.74) is 1.68. The lowest BCUT2D eigenvalue weighted by Gasteiger charge is -2.09. The van der Waals surface area contributed by atoms with Crippen LogP contribution in [0.2, 0.25) is 0 Å². The Morgan fingerprint density at radius 2 is 2.11 bits per heavy atom. The molecule has 1 aromatic heterocycles. The van der Waals surface area contributed by atoms with Gasteiger partial charge in [0.05, 0.1) is 18.2 Å². The second-order valence-corrected chi connectivity index (χ2v) is 4.41. The third-order valence-corrected chi connectivity index (χ3v) is 2.66. The van der Waals surface area contributed by atoms with Crippen molar-refractivity contribution >= 4 is 12.0 Å². The minimum atomic E-state index is -0.855. The Kier molecular flexibility index (Phi) is 5.78. The molecular formula is C13H19N3O3. The molecule has 19 heavy (non-hydrogen) atoms. The van der Waals surface area contributed by atoms with E-state index >= 15 is 0 Å². The smallest absolute Gasteiger partial charge is 0.315 e. The monoisotopic (exact) mass is 265 g/mol. The fraction of sp³-hybridized carbons (Fsp3) is 0.462. The van der Waals surface area contributed by atoms with Gasteiger partial charge in [-0.15, -0.1) is 0 Å². The number of nitrogens with zero attached hydrogens (tertiary/aromatic N) is 1. The lowest BCUT2D eigenvalue weighted by molar-refractivity contribution is -0.141. The van der Waals surface area contributed by atoms with Crippen LogP contribution in [0.5, 0.6) is 0 Å². The zero-order chi connectivity index (χ0) is 14.3. The normalized spacial score (nSPS) is 11.7. The zero-order valence-corrected chi connectivity index (χ0v) is 11.1. The molecule has 1 heterocycles. The van der Waals surface area contributed by atoms with Gasteiger partial charge in [0.25, 0.3) is 0 Å². The van der Waals surface area contributed by atoms with Gasteiger partial charge < -0.3 is 15.7 Å². The number of aromatic nitrogens is 1. The van der Waals surface area contributed by atoms with Gasteiger partial charge in [0.15, 0.2) is 0 Å². The molecule has 1 unspecified atom stereocenters. The van der Waals surface area contributed by atoms with Gasteiger partial charge in [0, 0.05) is 12.2 Å². The highest BCUT2D eigenvalue weighted by atomic mass is 16.4. The minimum absolute atomic E-state index is 0.319. The summed E-state index contributed by atoms with van der Waals surface area (Å²) in [6.07, 6.45) is 0.408. The Balaban J connectivity index is 2.23. The van der Waals surface area contributed by atoms with E-state index in [1.807, 2.05) is 25.1 Å². The molecule has 1 atom stereocenters. The number of hydrogen-bond donors (Lipinski definition) is 3. The number of hydrogen-bond acceptors (Lipinski definition) is 3. The minimum Gasteiger partial charge on any atom is -0.481 e. The first-order valence-corrected chi connectivity index (χ1v) is 6.16. The second kappa shape index (κ2) is 7.35. The van der Waals surface area contributed by atoms with Gasteiger partial charge in [-0.3, -0.25) is 9.78 Å². The number of carbonyl (C=O) groups is 2. The molecule has 0 fully saturated rings. The molecule has 0 saturated carbocycles. The number of aryl methyl sites for hydroxylation is 1. The molecule has 0 aliphatic heterocycles. The molecule has 3 N–H and O–H groups in total. The Bertz CT molecular complexity index is 449. The Morgan fingerprint density at radius 1 is 1.37 bits per heavy atom. The predicted molar refractivity (Wildman–Crippen MR) is 70.6 cm³/mol. The topological polar surface area (TPSA) is 91.3 Å². The molecule has 0 aliphatic rings. The number of amides is 2. The van der Waals surface area contributed by atoms with E-state index in [1.165, 1.54) is 0 Å². The average molecular weight is 265 g/mol. The van der Waals surface area contributed by atoms with Crippen molar-refractivity contribution in [2.75, 3.05) is 6.54 Å². The van der Waals surface area contributed by atoms with Crippen LogP contribution in [-0.4, -0.2) is 28.6 Å². The molecule has 0 aliphatic carbocycles. The van der Waals surface area contributed by atoms with E-state index < -0.39 is 11.9 Å². The van der Waals surface area contributed by atoms with E-state index in [2.05, 4.69) is 15.6 Å². The van der Waals surface area contributed by atoms with Crippen LogP contribution < -0.4 is 10.6 Å². The quantitative estimate of drug-likeness (QED) is 0.723. The van der Waals surface area contributed by atoms with Crippen LogP contribution in [0.4, 0.5) is 4.79 Å². The highest BCUT2D eigenvalue weighted by molar-refractivity contribution is 5.74. The highest BCUT2D eigenvalue weighted by Crippen LogP contribution is 2.00. The van der Waals surface area contributed by atoms with Crippen molar-refractivity contribution in [2.24, 2.45) is 5.92 Å². The Hall–Kier alpha value is -2.11. The largest absolute Gasteiger partial charge is 0.481 e. The maximum Gasteiger partial charge on any atom is 0.315 e. The first-order chi connectivity index (χ1) is 8.99. The number of carboxylic acids is 1. The lowest BCUT2D eigenvalue weighted by Crippen LogP contribution is -2.36. The molecule has 2 amide bonds. The van der Waals surface area contributed by atoms with Gasteiger partial charge in [0.1, 0.15) is 0 Å². The van der Waals surface area contributed by atoms with Crippen molar-refractivity contribution in [3.05, 3.63) is 29.6 Å². The van der Waals surface area contributed by atoms with Gasteiger partial charge in [-0.2, -0.15) is 0 Å². The van der Waals surface area contributed by atoms with E-state index in [4.69, 9.17) is 5.11 Å². The van der Waals surface area contributed by atoms with Crippen molar-refractivity contribution in [3.63, 3.8) is 0 Å². The summed E-state index contributed by atoms with van der Waals surface area (Å²) in [5.74, 6) is -1.31. The van der Waals surface area contributed by atoms with Gasteiger partial charge in [-0.05, 0) is 25.5 Å². The second-order valence-electron chi connectivity index (χ2n) is 4.41. The molecule has 0 saturated heterocycles. The van der Waals surface area contributed by atoms with Crippen molar-refractivity contribution in [1.82, 2.24) is 15.6 Å². The van der Waals surface area contributed by atoms with Crippen molar-refractivity contribution in [2.45, 2.75) is 26.8 Å². The maximum atomic E-state index is 11.5. The van der Waals surface area contributed by atoms with Gasteiger partial charge in [0.2, 0.25) is 0 Å². The summed E-state index contributed by atoms with van der Waals surface area (Å²) in [7, 11) is 0. The summed E-state index contributed by atoms with van der Waals surface area (Å²) in [4.78, 5) is 26.3. The van der Waals surface area contributed by atoms with E-state index in [0.717, 1.165) is 11.4 Å². The van der Waals surface area contributed by atoms with Crippen LogP contribution >= 0.6 is 0 Å². The van der Waals surface area contributed by atoms with Crippen LogP contribution in [0.1, 0.15) is 24.7 Å². The van der Waals surface area contributed by atoms with Gasteiger partial charge in [-0.25, -0.2) is 4.79 Å². The van der Waals surface area contributed by atoms with E-state index in [1.54, 1.807) is 6.92 Å². The number of urea groups is 1. The molecule has 0 bridgehead atoms. The first-order valence-electron chi connectivity index (χ1n) is 6.16. The van der Waals surface area contributed by atoms with Crippen molar-refractivity contribution in [1.29, 1.82) is 0 Å². The molecule has 6 heteroatoms. The van der Waals surface area contributed by atoms with E-state index in [9.17, 15) is 9.59 Å². The predicted octanol–water partition coefficient (Wildman–Crippen LogP) is 1.30. The molecule has 6 nitrogen and oxygen atoms in total. The van der Waals surface area contributed by atoms with Gasteiger partial charge in [-0.1, -0.05) is 13.0 Å². The number of pyridine rings is 1. The number of nitrogens with one attached hydrogen (secondary N) is 2. The third-order valence-electron chi connectivity index (χ3n) is 2.66. The zero-order valence-electron chi connectivity index (χ0n) is 11.1. The Morgan fingerprint density at radius 3 is 2.74 bits per heavy atom. The number of rotatable bonds is 6. The average Bonchev–Trinajstić information content (AvgIpc) is 2.36. The summed E-state index contributed by atoms with van der Waals surface area (Å²) in [6.45, 7) is 4.18. The van der Waals surface area contributed by atoms with E-state index in [-0.39, 0.29) is 6.03 Å². The van der Waals surface area contributed by atoms with Crippen LogP contribution in [0.15, 0.2) is 18.2 Å². The summed E-state index contributed by atoms with van der Waals surface area (Å²) in [6, 6.07) is 5.28. The molecule has 104 valence electrons. The molecule has 0 spiro atoms. The number of carboxylic acid groups (broad SMARTS) is 1. The van der Waals surface area contributed by atoms with Crippen molar-refractivity contribution in [3.8, 4) is 0 Å². The SMILES string of the molecule is Cc1cccc(CNC(=O)NCCC(C)C(=O)O)n1. The van der Waals surface area contributed by atoms with Crippen LogP contribution in [0.25, 0.3) is 0 Å². The summed E-state index contributed by atoms with van der Waals surface area (Å²) in [5, 5.41) is 14.0. The first kappa shape index (κ1) is 14.9. The molecule has 0 aromatic carbocycles. The Labute approximate surface area is 112 Å². The fourth-order valence-corrected chi connectivity index (χ4v) is 1.46. The molecule has 1 aromatic rings. The highest BCUT2D eigenvalue weighted by Gasteiger charge is 2.10. The number of carbonyl (C=O) groups excluding carboxylic acids is 1. The van der Waals surface area contributed by atoms with Gasteiger partial charge >= 0.3 is 12.0 Å². The van der Waals surface area contributed by atoms with Crippen molar-refractivity contribution < 1.29 is 14.7 Å². The molecule has 0 radical (unpaired) electrons. The van der Waals surface area contributed by atoms with Crippen LogP contribution in [-0.2, 0) is 11.3 Å². The van der Waals surface area contributed by atoms with Crippen LogP contribution in [0.3, 0.4) is 0 Å². The standard InChI is InChI=1S/C13H19N3O3/c1-9(12(17)18)6-7-14-13(19)15-8-11-5-3-4-10(2)16-11/h3-5,9H,6-8H2,1-2H3,(H,17,18)(H2,14,15,19). The van der Waals surface area contributed by atoms with E-state index in [0.29, 0.717) is 19.5 Å². The third kappa shape index (κ3) is 5.85. The summed E-state index contributed by atoms with van der Waals surface area (Å²) < 4.78 is 0. The lowest BCUT2D eigenvalue weighted by atomic mass is 10.1.